The molecule has 1 aliphatic heterocycles. The summed E-state index contributed by atoms with van der Waals surface area (Å²) in [6.07, 6.45) is 2.55. The van der Waals surface area contributed by atoms with Gasteiger partial charge in [0, 0.05) is 6.54 Å². The van der Waals surface area contributed by atoms with Gasteiger partial charge in [0.2, 0.25) is 11.8 Å². The van der Waals surface area contributed by atoms with Crippen LogP contribution in [0.3, 0.4) is 0 Å². The summed E-state index contributed by atoms with van der Waals surface area (Å²) < 4.78 is 18.5. The summed E-state index contributed by atoms with van der Waals surface area (Å²) in [5, 5.41) is 5.44. The molecule has 1 fully saturated rings. The fraction of sp³-hybridized carbons (Fsp3) is 0.467. The molecule has 21 heavy (non-hydrogen) atoms. The number of hydrogen-bond acceptors (Lipinski definition) is 3. The molecule has 0 saturated carbocycles. The summed E-state index contributed by atoms with van der Waals surface area (Å²) in [7, 11) is 0. The first-order chi connectivity index (χ1) is 10.2. The second kappa shape index (κ2) is 7.61. The summed E-state index contributed by atoms with van der Waals surface area (Å²) in [6, 6.07) is 5.55. The van der Waals surface area contributed by atoms with Gasteiger partial charge < -0.3 is 15.4 Å². The molecule has 1 aromatic rings. The van der Waals surface area contributed by atoms with Crippen LogP contribution in [0.2, 0.25) is 0 Å². The number of benzene rings is 1. The molecule has 0 spiro atoms. The fourth-order valence-corrected chi connectivity index (χ4v) is 2.16. The summed E-state index contributed by atoms with van der Waals surface area (Å²) in [5.41, 5.74) is 0. The summed E-state index contributed by atoms with van der Waals surface area (Å²) >= 11 is 0. The van der Waals surface area contributed by atoms with E-state index in [0.717, 1.165) is 12.8 Å². The molecule has 2 amide bonds. The molecule has 0 bridgehead atoms. The number of halogens is 1. The molecule has 0 aliphatic carbocycles. The van der Waals surface area contributed by atoms with Gasteiger partial charge in [-0.1, -0.05) is 12.1 Å². The molecule has 0 aromatic heterocycles. The maximum absolute atomic E-state index is 13.3. The van der Waals surface area contributed by atoms with E-state index in [2.05, 4.69) is 10.6 Å². The van der Waals surface area contributed by atoms with Crippen LogP contribution in [0.25, 0.3) is 0 Å². The second-order valence-corrected chi connectivity index (χ2v) is 4.94. The van der Waals surface area contributed by atoms with Crippen LogP contribution in [-0.4, -0.2) is 31.0 Å². The van der Waals surface area contributed by atoms with Gasteiger partial charge in [-0.3, -0.25) is 9.59 Å². The Hall–Kier alpha value is -2.11. The Morgan fingerprint density at radius 2 is 2.19 bits per heavy atom. The molecule has 1 aliphatic rings. The predicted molar refractivity (Wildman–Crippen MR) is 75.3 cm³/mol. The molecule has 6 heteroatoms. The SMILES string of the molecule is O=C(CCOc1ccccc1F)NC1CCCCNC1=O. The van der Waals surface area contributed by atoms with Crippen LogP contribution in [0.5, 0.6) is 5.75 Å². The molecular weight excluding hydrogens is 275 g/mol. The minimum atomic E-state index is -0.478. The molecule has 1 saturated heterocycles. The number of carbonyl (C=O) groups excluding carboxylic acids is 2. The van der Waals surface area contributed by atoms with Crippen molar-refractivity contribution in [1.29, 1.82) is 0 Å². The van der Waals surface area contributed by atoms with Crippen molar-refractivity contribution in [3.63, 3.8) is 0 Å². The van der Waals surface area contributed by atoms with Gasteiger partial charge in [-0.25, -0.2) is 4.39 Å². The lowest BCUT2D eigenvalue weighted by Crippen LogP contribution is -2.45. The number of rotatable bonds is 5. The van der Waals surface area contributed by atoms with Gasteiger partial charge in [-0.05, 0) is 31.4 Å². The van der Waals surface area contributed by atoms with Crippen LogP contribution < -0.4 is 15.4 Å². The number of carbonyl (C=O) groups is 2. The summed E-state index contributed by atoms with van der Waals surface area (Å²) in [5.74, 6) is -0.747. The molecule has 1 heterocycles. The smallest absolute Gasteiger partial charge is 0.242 e. The highest BCUT2D eigenvalue weighted by Gasteiger charge is 2.22. The second-order valence-electron chi connectivity index (χ2n) is 4.94. The van der Waals surface area contributed by atoms with Gasteiger partial charge in [0.1, 0.15) is 6.04 Å². The van der Waals surface area contributed by atoms with Gasteiger partial charge in [-0.2, -0.15) is 0 Å². The molecule has 1 unspecified atom stereocenters. The van der Waals surface area contributed by atoms with Gasteiger partial charge in [-0.15, -0.1) is 0 Å². The van der Waals surface area contributed by atoms with E-state index < -0.39 is 11.9 Å². The number of hydrogen-bond donors (Lipinski definition) is 2. The number of para-hydroxylation sites is 1. The average molecular weight is 294 g/mol. The third kappa shape index (κ3) is 4.73. The van der Waals surface area contributed by atoms with E-state index in [-0.39, 0.29) is 30.6 Å². The van der Waals surface area contributed by atoms with E-state index in [1.165, 1.54) is 12.1 Å². The van der Waals surface area contributed by atoms with Crippen molar-refractivity contribution < 1.29 is 18.7 Å². The Labute approximate surface area is 122 Å². The van der Waals surface area contributed by atoms with Crippen molar-refractivity contribution in [3.8, 4) is 5.75 Å². The van der Waals surface area contributed by atoms with Crippen molar-refractivity contribution in [3.05, 3.63) is 30.1 Å². The van der Waals surface area contributed by atoms with Crippen molar-refractivity contribution in [2.75, 3.05) is 13.2 Å². The van der Waals surface area contributed by atoms with Crippen molar-refractivity contribution in [2.24, 2.45) is 0 Å². The highest BCUT2D eigenvalue weighted by Crippen LogP contribution is 2.15. The largest absolute Gasteiger partial charge is 0.490 e. The Bertz CT molecular complexity index is 507. The average Bonchev–Trinajstić information content (AvgIpc) is 2.66. The number of ether oxygens (including phenoxy) is 1. The quantitative estimate of drug-likeness (QED) is 0.862. The van der Waals surface area contributed by atoms with Gasteiger partial charge in [0.25, 0.3) is 0 Å². The Balaban J connectivity index is 1.74. The molecule has 2 rings (SSSR count). The third-order valence-corrected chi connectivity index (χ3v) is 3.29. The highest BCUT2D eigenvalue weighted by atomic mass is 19.1. The van der Waals surface area contributed by atoms with Crippen LogP contribution >= 0.6 is 0 Å². The minimum absolute atomic E-state index is 0.0705. The molecular formula is C15H19FN2O3. The molecule has 0 radical (unpaired) electrons. The van der Waals surface area contributed by atoms with Crippen LogP contribution in [0.4, 0.5) is 4.39 Å². The minimum Gasteiger partial charge on any atom is -0.490 e. The van der Waals surface area contributed by atoms with E-state index >= 15 is 0 Å². The molecule has 1 atom stereocenters. The summed E-state index contributed by atoms with van der Waals surface area (Å²) in [6.45, 7) is 0.725. The zero-order valence-corrected chi connectivity index (χ0v) is 11.7. The van der Waals surface area contributed by atoms with E-state index in [4.69, 9.17) is 4.74 Å². The first-order valence-electron chi connectivity index (χ1n) is 7.11. The third-order valence-electron chi connectivity index (χ3n) is 3.29. The van der Waals surface area contributed by atoms with Gasteiger partial charge >= 0.3 is 0 Å². The van der Waals surface area contributed by atoms with E-state index in [9.17, 15) is 14.0 Å². The Morgan fingerprint density at radius 3 is 3.00 bits per heavy atom. The number of nitrogens with one attached hydrogen (secondary N) is 2. The van der Waals surface area contributed by atoms with E-state index in [1.54, 1.807) is 12.1 Å². The first kappa shape index (κ1) is 15.3. The molecule has 5 nitrogen and oxygen atoms in total. The lowest BCUT2D eigenvalue weighted by atomic mass is 10.1. The Morgan fingerprint density at radius 1 is 1.38 bits per heavy atom. The maximum atomic E-state index is 13.3. The molecule has 1 aromatic carbocycles. The normalized spacial score (nSPS) is 18.5. The monoisotopic (exact) mass is 294 g/mol. The van der Waals surface area contributed by atoms with Crippen LogP contribution in [-0.2, 0) is 9.59 Å². The van der Waals surface area contributed by atoms with Crippen LogP contribution in [0.1, 0.15) is 25.7 Å². The lowest BCUT2D eigenvalue weighted by molar-refractivity contribution is -0.129. The van der Waals surface area contributed by atoms with Crippen molar-refractivity contribution in [1.82, 2.24) is 10.6 Å². The van der Waals surface area contributed by atoms with Crippen molar-refractivity contribution >= 4 is 11.8 Å². The van der Waals surface area contributed by atoms with Gasteiger partial charge in [0.05, 0.1) is 13.0 Å². The topological polar surface area (TPSA) is 67.4 Å². The van der Waals surface area contributed by atoms with E-state index in [1.807, 2.05) is 0 Å². The van der Waals surface area contributed by atoms with Crippen molar-refractivity contribution in [2.45, 2.75) is 31.7 Å². The highest BCUT2D eigenvalue weighted by molar-refractivity contribution is 5.87. The standard InChI is InChI=1S/C15H19FN2O3/c16-11-5-1-2-7-13(11)21-10-8-14(19)18-12-6-3-4-9-17-15(12)20/h1-2,5,7,12H,3-4,6,8-10H2,(H,17,20)(H,18,19). The predicted octanol–water partition coefficient (Wildman–Crippen LogP) is 1.38. The number of amides is 2. The molecule has 114 valence electrons. The maximum Gasteiger partial charge on any atom is 0.242 e. The lowest BCUT2D eigenvalue weighted by Gasteiger charge is -2.15. The zero-order valence-electron chi connectivity index (χ0n) is 11.7. The Kier molecular flexibility index (Phi) is 5.54. The summed E-state index contributed by atoms with van der Waals surface area (Å²) in [4.78, 5) is 23.5. The molecule has 2 N–H and O–H groups in total. The van der Waals surface area contributed by atoms with Crippen LogP contribution in [0, 0.1) is 5.82 Å². The fourth-order valence-electron chi connectivity index (χ4n) is 2.16. The van der Waals surface area contributed by atoms with E-state index in [0.29, 0.717) is 13.0 Å². The van der Waals surface area contributed by atoms with Crippen LogP contribution in [0.15, 0.2) is 24.3 Å². The zero-order chi connectivity index (χ0) is 15.1. The van der Waals surface area contributed by atoms with Gasteiger partial charge in [0.15, 0.2) is 11.6 Å². The first-order valence-corrected chi connectivity index (χ1v) is 7.11.